The molecule has 2 aliphatic rings. The number of fused-ring (bicyclic) bond motifs is 1. The zero-order valence-corrected chi connectivity index (χ0v) is 24.9. The Morgan fingerprint density at radius 3 is 2.44 bits per heavy atom. The number of hydrogen-bond donors (Lipinski definition) is 1. The lowest BCUT2D eigenvalue weighted by atomic mass is 9.99. The van der Waals surface area contributed by atoms with Gasteiger partial charge in [-0.15, -0.1) is 0 Å². The Morgan fingerprint density at radius 1 is 0.860 bits per heavy atom. The topological polar surface area (TPSA) is 74.3 Å². The number of piperazine rings is 1. The number of piperidine rings is 1. The van der Waals surface area contributed by atoms with E-state index >= 15 is 0 Å². The standard InChI is InChI=1S/C34H35ClN4O4/c1-42-28-12-6-10-26(22-28)36-34(41)39-16-15-32(43-33(40)30-14-4-8-24-7-2-3-13-29(24)30)31(23-39)38-19-17-37(18-20-38)27-11-5-9-25(35)21-27/h2-14,21-22,31-32H,15-20,23H2,1H3,(H,36,41)/t31-,32-/m1/s1. The number of halogens is 1. The fourth-order valence-corrected chi connectivity index (χ4v) is 6.26. The van der Waals surface area contributed by atoms with Crippen LogP contribution in [0.3, 0.4) is 0 Å². The summed E-state index contributed by atoms with van der Waals surface area (Å²) in [7, 11) is 1.60. The van der Waals surface area contributed by atoms with Crippen molar-refractivity contribution in [3.8, 4) is 5.75 Å². The number of benzene rings is 4. The van der Waals surface area contributed by atoms with Crippen LogP contribution in [0.4, 0.5) is 16.2 Å². The largest absolute Gasteiger partial charge is 0.497 e. The molecule has 0 bridgehead atoms. The summed E-state index contributed by atoms with van der Waals surface area (Å²) in [6.07, 6.45) is 0.186. The second kappa shape index (κ2) is 12.9. The van der Waals surface area contributed by atoms with Gasteiger partial charge in [-0.3, -0.25) is 4.90 Å². The number of esters is 1. The smallest absolute Gasteiger partial charge is 0.339 e. The number of methoxy groups -OCH3 is 1. The predicted molar refractivity (Wildman–Crippen MR) is 170 cm³/mol. The first kappa shape index (κ1) is 28.8. The van der Waals surface area contributed by atoms with E-state index in [4.69, 9.17) is 21.1 Å². The number of nitrogens with zero attached hydrogens (tertiary/aromatic N) is 3. The highest BCUT2D eigenvalue weighted by molar-refractivity contribution is 6.30. The molecule has 0 unspecified atom stereocenters. The first-order valence-corrected chi connectivity index (χ1v) is 15.0. The van der Waals surface area contributed by atoms with Gasteiger partial charge in [0.2, 0.25) is 0 Å². The lowest BCUT2D eigenvalue weighted by Crippen LogP contribution is -2.61. The molecule has 1 N–H and O–H groups in total. The van der Waals surface area contributed by atoms with Crippen LogP contribution in [0, 0.1) is 0 Å². The van der Waals surface area contributed by atoms with Gasteiger partial charge in [0, 0.05) is 68.2 Å². The molecule has 2 amide bonds. The third-order valence-electron chi connectivity index (χ3n) is 8.35. The van der Waals surface area contributed by atoms with Crippen molar-refractivity contribution in [2.75, 3.05) is 56.6 Å². The number of rotatable bonds is 6. The molecule has 0 aliphatic carbocycles. The van der Waals surface area contributed by atoms with E-state index < -0.39 is 0 Å². The highest BCUT2D eigenvalue weighted by atomic mass is 35.5. The SMILES string of the molecule is COc1cccc(NC(=O)N2CC[C@@H](OC(=O)c3cccc4ccccc34)[C@H](N3CCN(c4cccc(Cl)c4)CC3)C2)c1. The third kappa shape index (κ3) is 6.55. The fourth-order valence-electron chi connectivity index (χ4n) is 6.07. The zero-order chi connectivity index (χ0) is 29.8. The number of hydrogen-bond acceptors (Lipinski definition) is 6. The van der Waals surface area contributed by atoms with E-state index in [0.29, 0.717) is 41.5 Å². The van der Waals surface area contributed by atoms with Crippen LogP contribution in [-0.4, -0.2) is 80.3 Å². The normalized spacial score (nSPS) is 19.2. The van der Waals surface area contributed by atoms with Crippen LogP contribution in [0.5, 0.6) is 5.75 Å². The molecule has 222 valence electrons. The van der Waals surface area contributed by atoms with E-state index in [2.05, 4.69) is 21.2 Å². The quantitative estimate of drug-likeness (QED) is 0.268. The van der Waals surface area contributed by atoms with Crippen LogP contribution in [0.15, 0.2) is 91.0 Å². The van der Waals surface area contributed by atoms with Crippen molar-refractivity contribution in [3.63, 3.8) is 0 Å². The molecule has 2 saturated heterocycles. The number of urea groups is 1. The first-order chi connectivity index (χ1) is 21.0. The van der Waals surface area contributed by atoms with Crippen molar-refractivity contribution in [1.82, 2.24) is 9.80 Å². The molecule has 0 aromatic heterocycles. The van der Waals surface area contributed by atoms with Crippen LogP contribution >= 0.6 is 11.6 Å². The second-order valence-electron chi connectivity index (χ2n) is 10.9. The fraction of sp³-hybridized carbons (Fsp3) is 0.294. The minimum Gasteiger partial charge on any atom is -0.497 e. The lowest BCUT2D eigenvalue weighted by molar-refractivity contribution is -0.0289. The average molecular weight is 599 g/mol. The maximum Gasteiger partial charge on any atom is 0.339 e. The molecular weight excluding hydrogens is 564 g/mol. The van der Waals surface area contributed by atoms with Crippen LogP contribution in [-0.2, 0) is 4.74 Å². The number of ether oxygens (including phenoxy) is 2. The maximum absolute atomic E-state index is 13.6. The van der Waals surface area contributed by atoms with Gasteiger partial charge in [0.25, 0.3) is 0 Å². The number of nitrogens with one attached hydrogen (secondary N) is 1. The minimum absolute atomic E-state index is 0.148. The molecule has 2 fully saturated rings. The van der Waals surface area contributed by atoms with E-state index in [-0.39, 0.29) is 24.1 Å². The monoisotopic (exact) mass is 598 g/mol. The lowest BCUT2D eigenvalue weighted by Gasteiger charge is -2.46. The van der Waals surface area contributed by atoms with Gasteiger partial charge in [-0.05, 0) is 47.2 Å². The molecule has 43 heavy (non-hydrogen) atoms. The van der Waals surface area contributed by atoms with Gasteiger partial charge in [-0.1, -0.05) is 60.1 Å². The average Bonchev–Trinajstić information content (AvgIpc) is 3.04. The second-order valence-corrected chi connectivity index (χ2v) is 11.4. The summed E-state index contributed by atoms with van der Waals surface area (Å²) in [5, 5.41) is 5.59. The van der Waals surface area contributed by atoms with E-state index in [0.717, 1.165) is 42.6 Å². The molecule has 4 aromatic rings. The Morgan fingerprint density at radius 2 is 1.63 bits per heavy atom. The van der Waals surface area contributed by atoms with Crippen molar-refractivity contribution in [2.45, 2.75) is 18.6 Å². The van der Waals surface area contributed by atoms with Gasteiger partial charge in [0.1, 0.15) is 11.9 Å². The highest BCUT2D eigenvalue weighted by Crippen LogP contribution is 2.27. The van der Waals surface area contributed by atoms with Gasteiger partial charge in [-0.2, -0.15) is 0 Å². The Balaban J connectivity index is 1.20. The predicted octanol–water partition coefficient (Wildman–Crippen LogP) is 6.16. The summed E-state index contributed by atoms with van der Waals surface area (Å²) in [6.45, 7) is 4.06. The minimum atomic E-state index is -0.356. The van der Waals surface area contributed by atoms with Gasteiger partial charge in [0.05, 0.1) is 18.7 Å². The molecule has 0 spiro atoms. The van der Waals surface area contributed by atoms with Crippen molar-refractivity contribution >= 4 is 45.7 Å². The summed E-state index contributed by atoms with van der Waals surface area (Å²) >= 11 is 6.25. The Hall–Kier alpha value is -4.27. The van der Waals surface area contributed by atoms with Gasteiger partial charge in [-0.25, -0.2) is 9.59 Å². The molecule has 0 radical (unpaired) electrons. The number of carbonyl (C=O) groups excluding carboxylic acids is 2. The summed E-state index contributed by atoms with van der Waals surface area (Å²) in [6, 6.07) is 28.4. The van der Waals surface area contributed by atoms with E-state index in [9.17, 15) is 9.59 Å². The number of carbonyl (C=O) groups is 2. The van der Waals surface area contributed by atoms with Crippen LogP contribution in [0.1, 0.15) is 16.8 Å². The van der Waals surface area contributed by atoms with E-state index in [1.165, 1.54) is 0 Å². The molecule has 2 aliphatic heterocycles. The summed E-state index contributed by atoms with van der Waals surface area (Å²) in [5.41, 5.74) is 2.32. The summed E-state index contributed by atoms with van der Waals surface area (Å²) < 4.78 is 11.6. The molecule has 9 heteroatoms. The first-order valence-electron chi connectivity index (χ1n) is 14.6. The highest BCUT2D eigenvalue weighted by Gasteiger charge is 2.39. The van der Waals surface area contributed by atoms with Crippen LogP contribution in [0.2, 0.25) is 5.02 Å². The Labute approximate surface area is 256 Å². The van der Waals surface area contributed by atoms with Crippen molar-refractivity contribution < 1.29 is 19.1 Å². The number of likely N-dealkylation sites (tertiary alicyclic amines) is 1. The molecule has 2 atom stereocenters. The van der Waals surface area contributed by atoms with Gasteiger partial charge in [0.15, 0.2) is 0 Å². The van der Waals surface area contributed by atoms with Gasteiger partial charge >= 0.3 is 12.0 Å². The third-order valence-corrected chi connectivity index (χ3v) is 8.59. The molecular formula is C34H35ClN4O4. The molecule has 8 nitrogen and oxygen atoms in total. The Kier molecular flexibility index (Phi) is 8.67. The molecule has 2 heterocycles. The van der Waals surface area contributed by atoms with E-state index in [1.807, 2.05) is 83.8 Å². The molecule has 6 rings (SSSR count). The van der Waals surface area contributed by atoms with Crippen LogP contribution in [0.25, 0.3) is 10.8 Å². The van der Waals surface area contributed by atoms with Gasteiger partial charge < -0.3 is 24.6 Å². The van der Waals surface area contributed by atoms with E-state index in [1.54, 1.807) is 13.2 Å². The molecule has 0 saturated carbocycles. The maximum atomic E-state index is 13.6. The number of anilines is 2. The van der Waals surface area contributed by atoms with Crippen molar-refractivity contribution in [3.05, 3.63) is 102 Å². The van der Waals surface area contributed by atoms with Crippen molar-refractivity contribution in [1.29, 1.82) is 0 Å². The number of amides is 2. The zero-order valence-electron chi connectivity index (χ0n) is 24.1. The summed E-state index contributed by atoms with van der Waals surface area (Å²) in [4.78, 5) is 33.4. The molecule has 4 aromatic carbocycles. The summed E-state index contributed by atoms with van der Waals surface area (Å²) in [5.74, 6) is 0.339. The van der Waals surface area contributed by atoms with Crippen LogP contribution < -0.4 is 15.0 Å². The Bertz CT molecular complexity index is 1600. The van der Waals surface area contributed by atoms with Crippen molar-refractivity contribution in [2.24, 2.45) is 0 Å².